The Morgan fingerprint density at radius 3 is 2.83 bits per heavy atom. The highest BCUT2D eigenvalue weighted by molar-refractivity contribution is 5.77. The molecule has 1 amide bonds. The number of amides is 1. The SMILES string of the molecule is CC1CCC(NC(=O)COc2ccccc2)CO1. The van der Waals surface area contributed by atoms with Gasteiger partial charge in [0.25, 0.3) is 5.91 Å². The number of hydrogen-bond donors (Lipinski definition) is 1. The van der Waals surface area contributed by atoms with Gasteiger partial charge in [0.05, 0.1) is 18.8 Å². The third-order valence-corrected chi connectivity index (χ3v) is 2.98. The molecular weight excluding hydrogens is 230 g/mol. The summed E-state index contributed by atoms with van der Waals surface area (Å²) < 4.78 is 10.9. The Bertz CT molecular complexity index is 372. The van der Waals surface area contributed by atoms with E-state index in [9.17, 15) is 4.79 Å². The van der Waals surface area contributed by atoms with E-state index < -0.39 is 0 Å². The van der Waals surface area contributed by atoms with Gasteiger partial charge in [-0.25, -0.2) is 0 Å². The number of ether oxygens (including phenoxy) is 2. The summed E-state index contributed by atoms with van der Waals surface area (Å²) >= 11 is 0. The first-order valence-electron chi connectivity index (χ1n) is 6.33. The van der Waals surface area contributed by atoms with E-state index in [-0.39, 0.29) is 18.6 Å². The second-order valence-electron chi connectivity index (χ2n) is 4.59. The largest absolute Gasteiger partial charge is 0.484 e. The Labute approximate surface area is 107 Å². The quantitative estimate of drug-likeness (QED) is 0.884. The van der Waals surface area contributed by atoms with Gasteiger partial charge < -0.3 is 14.8 Å². The van der Waals surface area contributed by atoms with E-state index in [0.29, 0.717) is 18.5 Å². The summed E-state index contributed by atoms with van der Waals surface area (Å²) in [6, 6.07) is 9.45. The fourth-order valence-electron chi connectivity index (χ4n) is 1.93. The lowest BCUT2D eigenvalue weighted by Gasteiger charge is -2.27. The summed E-state index contributed by atoms with van der Waals surface area (Å²) in [5.74, 6) is 0.614. The van der Waals surface area contributed by atoms with Gasteiger partial charge in [-0.15, -0.1) is 0 Å². The highest BCUT2D eigenvalue weighted by Gasteiger charge is 2.20. The number of para-hydroxylation sites is 1. The second-order valence-corrected chi connectivity index (χ2v) is 4.59. The number of benzene rings is 1. The van der Waals surface area contributed by atoms with Crippen molar-refractivity contribution in [3.63, 3.8) is 0 Å². The molecule has 1 aromatic carbocycles. The summed E-state index contributed by atoms with van der Waals surface area (Å²) in [7, 11) is 0. The Balaban J connectivity index is 1.69. The zero-order valence-corrected chi connectivity index (χ0v) is 10.6. The maximum absolute atomic E-state index is 11.7. The third-order valence-electron chi connectivity index (χ3n) is 2.98. The molecule has 2 rings (SSSR count). The molecule has 0 radical (unpaired) electrons. The fraction of sp³-hybridized carbons (Fsp3) is 0.500. The van der Waals surface area contributed by atoms with Gasteiger partial charge in [-0.2, -0.15) is 0 Å². The fourth-order valence-corrected chi connectivity index (χ4v) is 1.93. The van der Waals surface area contributed by atoms with E-state index >= 15 is 0 Å². The summed E-state index contributed by atoms with van der Waals surface area (Å²) in [5.41, 5.74) is 0. The molecule has 0 bridgehead atoms. The molecule has 1 saturated heterocycles. The van der Waals surface area contributed by atoms with E-state index in [0.717, 1.165) is 12.8 Å². The lowest BCUT2D eigenvalue weighted by Crippen LogP contribution is -2.44. The minimum atomic E-state index is -0.0954. The first kappa shape index (κ1) is 12.9. The van der Waals surface area contributed by atoms with E-state index in [1.54, 1.807) is 0 Å². The van der Waals surface area contributed by atoms with Crippen molar-refractivity contribution in [2.75, 3.05) is 13.2 Å². The molecule has 1 fully saturated rings. The standard InChI is InChI=1S/C14H19NO3/c1-11-7-8-12(9-17-11)15-14(16)10-18-13-5-3-2-4-6-13/h2-6,11-12H,7-10H2,1H3,(H,15,16). The van der Waals surface area contributed by atoms with Crippen molar-refractivity contribution in [2.24, 2.45) is 0 Å². The molecule has 0 aromatic heterocycles. The van der Waals surface area contributed by atoms with Crippen LogP contribution in [0.1, 0.15) is 19.8 Å². The van der Waals surface area contributed by atoms with E-state index in [2.05, 4.69) is 12.2 Å². The lowest BCUT2D eigenvalue weighted by molar-refractivity contribution is -0.125. The average Bonchev–Trinajstić information content (AvgIpc) is 2.40. The third kappa shape index (κ3) is 4.04. The first-order chi connectivity index (χ1) is 8.74. The molecule has 98 valence electrons. The van der Waals surface area contributed by atoms with Gasteiger partial charge >= 0.3 is 0 Å². The average molecular weight is 249 g/mol. The first-order valence-corrected chi connectivity index (χ1v) is 6.33. The number of carbonyl (C=O) groups excluding carboxylic acids is 1. The topological polar surface area (TPSA) is 47.6 Å². The predicted octanol–water partition coefficient (Wildman–Crippen LogP) is 1.75. The van der Waals surface area contributed by atoms with Crippen LogP contribution in [0.15, 0.2) is 30.3 Å². The molecule has 18 heavy (non-hydrogen) atoms. The van der Waals surface area contributed by atoms with Gasteiger partial charge in [0.1, 0.15) is 5.75 Å². The number of hydrogen-bond acceptors (Lipinski definition) is 3. The molecule has 1 heterocycles. The van der Waals surface area contributed by atoms with Crippen molar-refractivity contribution in [1.82, 2.24) is 5.32 Å². The normalized spacial score (nSPS) is 23.4. The zero-order chi connectivity index (χ0) is 12.8. The van der Waals surface area contributed by atoms with Crippen LogP contribution in [0.2, 0.25) is 0 Å². The van der Waals surface area contributed by atoms with Crippen molar-refractivity contribution in [1.29, 1.82) is 0 Å². The number of rotatable bonds is 4. The number of nitrogens with one attached hydrogen (secondary N) is 1. The Hall–Kier alpha value is -1.55. The Morgan fingerprint density at radius 1 is 1.39 bits per heavy atom. The molecule has 1 aliphatic rings. The molecule has 1 N–H and O–H groups in total. The van der Waals surface area contributed by atoms with Crippen LogP contribution in [0, 0.1) is 0 Å². The molecule has 0 spiro atoms. The van der Waals surface area contributed by atoms with Gasteiger partial charge in [-0.1, -0.05) is 18.2 Å². The molecule has 4 nitrogen and oxygen atoms in total. The maximum atomic E-state index is 11.7. The van der Waals surface area contributed by atoms with Crippen molar-refractivity contribution in [3.8, 4) is 5.75 Å². The molecule has 1 aliphatic heterocycles. The lowest BCUT2D eigenvalue weighted by atomic mass is 10.1. The minimum absolute atomic E-state index is 0.0517. The molecule has 0 aliphatic carbocycles. The highest BCUT2D eigenvalue weighted by atomic mass is 16.5. The van der Waals surface area contributed by atoms with Crippen molar-refractivity contribution < 1.29 is 14.3 Å². The Kier molecular flexibility index (Phi) is 4.59. The minimum Gasteiger partial charge on any atom is -0.484 e. The molecule has 4 heteroatoms. The Morgan fingerprint density at radius 2 is 2.17 bits per heavy atom. The van der Waals surface area contributed by atoms with Gasteiger partial charge in [-0.3, -0.25) is 4.79 Å². The molecule has 0 saturated carbocycles. The van der Waals surface area contributed by atoms with Gasteiger partial charge in [-0.05, 0) is 31.9 Å². The summed E-state index contributed by atoms with van der Waals surface area (Å²) in [4.78, 5) is 11.7. The van der Waals surface area contributed by atoms with E-state index in [1.165, 1.54) is 0 Å². The molecule has 2 atom stereocenters. The molecular formula is C14H19NO3. The van der Waals surface area contributed by atoms with Crippen LogP contribution < -0.4 is 10.1 Å². The second kappa shape index (κ2) is 6.40. The van der Waals surface area contributed by atoms with Crippen molar-refractivity contribution in [3.05, 3.63) is 30.3 Å². The van der Waals surface area contributed by atoms with Gasteiger partial charge in [0, 0.05) is 0 Å². The molecule has 2 unspecified atom stereocenters. The highest BCUT2D eigenvalue weighted by Crippen LogP contribution is 2.13. The molecule has 1 aromatic rings. The van der Waals surface area contributed by atoms with Crippen LogP contribution >= 0.6 is 0 Å². The van der Waals surface area contributed by atoms with Crippen LogP contribution in [-0.2, 0) is 9.53 Å². The monoisotopic (exact) mass is 249 g/mol. The van der Waals surface area contributed by atoms with Crippen molar-refractivity contribution >= 4 is 5.91 Å². The van der Waals surface area contributed by atoms with Gasteiger partial charge in [0.15, 0.2) is 6.61 Å². The van der Waals surface area contributed by atoms with Crippen LogP contribution in [0.25, 0.3) is 0 Å². The summed E-state index contributed by atoms with van der Waals surface area (Å²) in [6.45, 7) is 2.70. The van der Waals surface area contributed by atoms with Gasteiger partial charge in [0.2, 0.25) is 0 Å². The van der Waals surface area contributed by atoms with E-state index in [4.69, 9.17) is 9.47 Å². The zero-order valence-electron chi connectivity index (χ0n) is 10.6. The van der Waals surface area contributed by atoms with Crippen LogP contribution in [0.3, 0.4) is 0 Å². The smallest absolute Gasteiger partial charge is 0.258 e. The number of carbonyl (C=O) groups is 1. The van der Waals surface area contributed by atoms with Crippen molar-refractivity contribution in [2.45, 2.75) is 31.9 Å². The van der Waals surface area contributed by atoms with Crippen LogP contribution in [0.4, 0.5) is 0 Å². The van der Waals surface area contributed by atoms with Crippen LogP contribution in [0.5, 0.6) is 5.75 Å². The van der Waals surface area contributed by atoms with Crippen LogP contribution in [-0.4, -0.2) is 31.3 Å². The summed E-state index contributed by atoms with van der Waals surface area (Å²) in [6.07, 6.45) is 2.27. The van der Waals surface area contributed by atoms with E-state index in [1.807, 2.05) is 30.3 Å². The predicted molar refractivity (Wildman–Crippen MR) is 68.5 cm³/mol. The maximum Gasteiger partial charge on any atom is 0.258 e. The summed E-state index contributed by atoms with van der Waals surface area (Å²) in [5, 5.41) is 2.92.